The van der Waals surface area contributed by atoms with Gasteiger partial charge in [0.1, 0.15) is 5.71 Å². The predicted octanol–water partition coefficient (Wildman–Crippen LogP) is 3.75. The molecule has 10 heteroatoms. The van der Waals surface area contributed by atoms with Gasteiger partial charge in [0.15, 0.2) is 11.5 Å². The van der Waals surface area contributed by atoms with Gasteiger partial charge in [-0.2, -0.15) is 18.3 Å². The summed E-state index contributed by atoms with van der Waals surface area (Å²) in [6.07, 6.45) is -5.77. The molecule has 1 aromatic heterocycles. The maximum Gasteiger partial charge on any atom is 0.431 e. The van der Waals surface area contributed by atoms with Gasteiger partial charge in [-0.25, -0.2) is 9.78 Å². The zero-order valence-electron chi connectivity index (χ0n) is 12.8. The van der Waals surface area contributed by atoms with Gasteiger partial charge in [-0.15, -0.1) is 11.3 Å². The average Bonchev–Trinajstić information content (AvgIpc) is 3.00. The molecule has 0 saturated heterocycles. The number of carbonyl (C=O) groups is 2. The number of nitrogens with zero attached hydrogens (tertiary/aromatic N) is 2. The topological polar surface area (TPSA) is 91.7 Å². The fraction of sp³-hybridized carbons (Fsp3) is 0.200. The van der Waals surface area contributed by atoms with Crippen LogP contribution < -0.4 is 5.43 Å². The van der Waals surface area contributed by atoms with Crippen LogP contribution in [-0.4, -0.2) is 33.7 Å². The Morgan fingerprint density at radius 1 is 1.28 bits per heavy atom. The van der Waals surface area contributed by atoms with Gasteiger partial charge in [0.05, 0.1) is 6.42 Å². The Morgan fingerprint density at radius 3 is 2.44 bits per heavy atom. The highest BCUT2D eigenvalue weighted by Crippen LogP contribution is 2.22. The van der Waals surface area contributed by atoms with E-state index in [1.165, 1.54) is 12.1 Å². The first kappa shape index (κ1) is 18.6. The zero-order chi connectivity index (χ0) is 18.6. The van der Waals surface area contributed by atoms with E-state index in [2.05, 4.69) is 15.5 Å². The van der Waals surface area contributed by atoms with E-state index in [-0.39, 0.29) is 16.4 Å². The number of hydrogen-bond acceptors (Lipinski definition) is 6. The molecule has 0 saturated carbocycles. The second kappa shape index (κ2) is 7.43. The standard InChI is InChI=1S/C15H12F3N3O3S/c1-8-2-4-9(5-3-8)11(22)6-12(15(16,17)18)20-21-14-19-10(7-25-14)13(23)24/h2-5,7H,6H2,1H3,(H,19,21)(H,23,24). The van der Waals surface area contributed by atoms with Crippen molar-refractivity contribution in [3.63, 3.8) is 0 Å². The van der Waals surface area contributed by atoms with E-state index in [9.17, 15) is 22.8 Å². The van der Waals surface area contributed by atoms with Crippen LogP contribution in [-0.2, 0) is 0 Å². The van der Waals surface area contributed by atoms with E-state index in [0.29, 0.717) is 0 Å². The van der Waals surface area contributed by atoms with Gasteiger partial charge >= 0.3 is 12.1 Å². The largest absolute Gasteiger partial charge is 0.476 e. The number of carboxylic acids is 1. The Kier molecular flexibility index (Phi) is 5.52. The number of nitrogens with one attached hydrogen (secondary N) is 1. The lowest BCUT2D eigenvalue weighted by atomic mass is 10.0. The van der Waals surface area contributed by atoms with Crippen LogP contribution in [0.15, 0.2) is 34.7 Å². The Balaban J connectivity index is 2.16. The average molecular weight is 371 g/mol. The first-order valence-electron chi connectivity index (χ1n) is 6.85. The number of carboxylic acid groups (broad SMARTS) is 1. The van der Waals surface area contributed by atoms with E-state index < -0.39 is 30.1 Å². The Labute approximate surface area is 144 Å². The number of carbonyl (C=O) groups excluding carboxylic acids is 1. The fourth-order valence-corrected chi connectivity index (χ4v) is 2.36. The lowest BCUT2D eigenvalue weighted by molar-refractivity contribution is -0.0602. The number of alkyl halides is 3. The summed E-state index contributed by atoms with van der Waals surface area (Å²) < 4.78 is 39.2. The van der Waals surface area contributed by atoms with Crippen LogP contribution in [0.25, 0.3) is 0 Å². The molecule has 0 aliphatic carbocycles. The van der Waals surface area contributed by atoms with Crippen molar-refractivity contribution in [1.82, 2.24) is 4.98 Å². The SMILES string of the molecule is Cc1ccc(C(=O)CC(=NNc2nc(C(=O)O)cs2)C(F)(F)F)cc1. The third-order valence-electron chi connectivity index (χ3n) is 3.04. The summed E-state index contributed by atoms with van der Waals surface area (Å²) in [4.78, 5) is 26.3. The number of rotatable bonds is 6. The number of halogens is 3. The van der Waals surface area contributed by atoms with E-state index >= 15 is 0 Å². The van der Waals surface area contributed by atoms with Gasteiger partial charge in [-0.05, 0) is 6.92 Å². The summed E-state index contributed by atoms with van der Waals surface area (Å²) in [6, 6.07) is 6.13. The van der Waals surface area contributed by atoms with Gasteiger partial charge in [0.2, 0.25) is 5.13 Å². The molecule has 0 aliphatic heterocycles. The van der Waals surface area contributed by atoms with Crippen molar-refractivity contribution in [2.75, 3.05) is 5.43 Å². The maximum absolute atomic E-state index is 13.1. The number of aromatic carboxylic acids is 1. The number of aromatic nitrogens is 1. The van der Waals surface area contributed by atoms with Crippen LogP contribution in [0.1, 0.15) is 32.8 Å². The molecule has 25 heavy (non-hydrogen) atoms. The summed E-state index contributed by atoms with van der Waals surface area (Å²) in [6.45, 7) is 1.79. The summed E-state index contributed by atoms with van der Waals surface area (Å²) in [5, 5.41) is 13.0. The molecule has 0 bridgehead atoms. The summed E-state index contributed by atoms with van der Waals surface area (Å²) in [7, 11) is 0. The molecule has 2 aromatic rings. The highest BCUT2D eigenvalue weighted by molar-refractivity contribution is 7.13. The molecule has 0 fully saturated rings. The number of ketones is 1. The Morgan fingerprint density at radius 2 is 1.92 bits per heavy atom. The number of anilines is 1. The Hall–Kier alpha value is -2.75. The molecule has 0 radical (unpaired) electrons. The highest BCUT2D eigenvalue weighted by Gasteiger charge is 2.37. The van der Waals surface area contributed by atoms with Gasteiger partial charge in [0, 0.05) is 10.9 Å². The van der Waals surface area contributed by atoms with Crippen molar-refractivity contribution in [2.24, 2.45) is 5.10 Å². The first-order valence-corrected chi connectivity index (χ1v) is 7.73. The smallest absolute Gasteiger partial charge is 0.431 e. The minimum absolute atomic E-state index is 0.123. The first-order chi connectivity index (χ1) is 11.7. The minimum Gasteiger partial charge on any atom is -0.476 e. The van der Waals surface area contributed by atoms with E-state index in [0.717, 1.165) is 22.3 Å². The van der Waals surface area contributed by atoms with E-state index in [1.807, 2.05) is 0 Å². The quantitative estimate of drug-likeness (QED) is 0.458. The summed E-state index contributed by atoms with van der Waals surface area (Å²) >= 11 is 0.785. The second-order valence-electron chi connectivity index (χ2n) is 4.98. The number of hydrazone groups is 1. The molecule has 0 amide bonds. The lowest BCUT2D eigenvalue weighted by Crippen LogP contribution is -2.27. The molecule has 0 spiro atoms. The molecule has 0 atom stereocenters. The zero-order valence-corrected chi connectivity index (χ0v) is 13.6. The van der Waals surface area contributed by atoms with Crippen molar-refractivity contribution in [3.05, 3.63) is 46.5 Å². The molecule has 6 nitrogen and oxygen atoms in total. The van der Waals surface area contributed by atoms with Crippen molar-refractivity contribution in [2.45, 2.75) is 19.5 Å². The lowest BCUT2D eigenvalue weighted by Gasteiger charge is -2.10. The summed E-state index contributed by atoms with van der Waals surface area (Å²) in [5.74, 6) is -2.04. The number of thiazole rings is 1. The highest BCUT2D eigenvalue weighted by atomic mass is 32.1. The molecule has 2 rings (SSSR count). The van der Waals surface area contributed by atoms with Gasteiger partial charge in [-0.3, -0.25) is 10.2 Å². The van der Waals surface area contributed by atoms with Gasteiger partial charge < -0.3 is 5.11 Å². The number of hydrogen-bond donors (Lipinski definition) is 2. The maximum atomic E-state index is 13.1. The third kappa shape index (κ3) is 5.11. The van der Waals surface area contributed by atoms with Crippen LogP contribution in [0.2, 0.25) is 0 Å². The van der Waals surface area contributed by atoms with Crippen molar-refractivity contribution >= 4 is 33.9 Å². The van der Waals surface area contributed by atoms with Crippen LogP contribution in [0.4, 0.5) is 18.3 Å². The van der Waals surface area contributed by atoms with Gasteiger partial charge in [0.25, 0.3) is 0 Å². The number of aryl methyl sites for hydroxylation is 1. The molecule has 1 aromatic carbocycles. The summed E-state index contributed by atoms with van der Waals surface area (Å²) in [5.41, 5.74) is 1.43. The molecular weight excluding hydrogens is 359 g/mol. The van der Waals surface area contributed by atoms with Crippen molar-refractivity contribution < 1.29 is 27.9 Å². The van der Waals surface area contributed by atoms with E-state index in [1.54, 1.807) is 19.1 Å². The molecule has 2 N–H and O–H groups in total. The fourth-order valence-electron chi connectivity index (χ4n) is 1.74. The monoisotopic (exact) mass is 371 g/mol. The molecule has 0 aliphatic rings. The molecule has 0 unspecified atom stereocenters. The number of Topliss-reactive ketones (excluding diaryl/α,β-unsaturated/α-hetero) is 1. The van der Waals surface area contributed by atoms with Crippen molar-refractivity contribution in [1.29, 1.82) is 0 Å². The minimum atomic E-state index is -4.82. The third-order valence-corrected chi connectivity index (χ3v) is 3.79. The molecular formula is C15H12F3N3O3S. The van der Waals surface area contributed by atoms with E-state index in [4.69, 9.17) is 5.11 Å². The Bertz CT molecular complexity index is 813. The van der Waals surface area contributed by atoms with Crippen LogP contribution in [0.5, 0.6) is 0 Å². The predicted molar refractivity (Wildman–Crippen MR) is 86.3 cm³/mol. The molecule has 132 valence electrons. The second-order valence-corrected chi connectivity index (χ2v) is 5.84. The van der Waals surface area contributed by atoms with Crippen LogP contribution >= 0.6 is 11.3 Å². The van der Waals surface area contributed by atoms with Crippen LogP contribution in [0.3, 0.4) is 0 Å². The normalized spacial score (nSPS) is 12.1. The van der Waals surface area contributed by atoms with Gasteiger partial charge in [-0.1, -0.05) is 29.8 Å². The number of benzene rings is 1. The van der Waals surface area contributed by atoms with Crippen LogP contribution in [0, 0.1) is 6.92 Å². The van der Waals surface area contributed by atoms with Crippen molar-refractivity contribution in [3.8, 4) is 0 Å². The molecule has 1 heterocycles.